The maximum atomic E-state index is 12.8. The summed E-state index contributed by atoms with van der Waals surface area (Å²) in [5.74, 6) is -4.93. The summed E-state index contributed by atoms with van der Waals surface area (Å²) >= 11 is 0. The molecule has 2 aromatic carbocycles. The van der Waals surface area contributed by atoms with Crippen molar-refractivity contribution in [1.82, 2.24) is 4.98 Å². The highest BCUT2D eigenvalue weighted by Crippen LogP contribution is 2.41. The zero-order valence-corrected chi connectivity index (χ0v) is 15.7. The van der Waals surface area contributed by atoms with Gasteiger partial charge in [0.05, 0.1) is 4.92 Å². The number of aromatic amines is 1. The number of carbonyl (C=O) groups excluding carboxylic acids is 2. The molecule has 1 saturated heterocycles. The van der Waals surface area contributed by atoms with Gasteiger partial charge in [-0.15, -0.1) is 0 Å². The predicted octanol–water partition coefficient (Wildman–Crippen LogP) is 3.66. The van der Waals surface area contributed by atoms with Gasteiger partial charge >= 0.3 is 11.9 Å². The van der Waals surface area contributed by atoms with E-state index in [4.69, 9.17) is 9.47 Å². The van der Waals surface area contributed by atoms with E-state index >= 15 is 0 Å². The average molecular weight is 394 g/mol. The molecule has 0 bridgehead atoms. The van der Waals surface area contributed by atoms with E-state index in [1.54, 1.807) is 12.3 Å². The number of rotatable bonds is 4. The lowest BCUT2D eigenvalue weighted by atomic mass is 9.80. The Morgan fingerprint density at radius 1 is 1.07 bits per heavy atom. The lowest BCUT2D eigenvalue weighted by Gasteiger charge is -2.36. The Morgan fingerprint density at radius 2 is 1.76 bits per heavy atom. The van der Waals surface area contributed by atoms with E-state index in [1.807, 2.05) is 24.3 Å². The summed E-state index contributed by atoms with van der Waals surface area (Å²) < 4.78 is 10.6. The molecule has 0 radical (unpaired) electrons. The number of H-pyrrole nitrogens is 1. The van der Waals surface area contributed by atoms with E-state index < -0.39 is 34.5 Å². The van der Waals surface area contributed by atoms with Crippen LogP contribution >= 0.6 is 0 Å². The molecule has 1 aromatic heterocycles. The number of nitrogens with zero attached hydrogens (tertiary/aromatic N) is 1. The molecule has 0 spiro atoms. The van der Waals surface area contributed by atoms with Crippen LogP contribution in [-0.2, 0) is 19.1 Å². The highest BCUT2D eigenvalue weighted by Gasteiger charge is 2.48. The Balaban J connectivity index is 1.91. The first kappa shape index (κ1) is 18.7. The first-order valence-corrected chi connectivity index (χ1v) is 9.03. The average Bonchev–Trinajstić information content (AvgIpc) is 3.07. The van der Waals surface area contributed by atoms with Gasteiger partial charge in [-0.25, -0.2) is 0 Å². The number of esters is 2. The summed E-state index contributed by atoms with van der Waals surface area (Å²) in [4.78, 5) is 39.5. The van der Waals surface area contributed by atoms with Crippen LogP contribution in [0.1, 0.15) is 30.9 Å². The van der Waals surface area contributed by atoms with E-state index in [2.05, 4.69) is 4.98 Å². The van der Waals surface area contributed by atoms with Crippen LogP contribution in [0, 0.1) is 16.0 Å². The number of ether oxygens (including phenoxy) is 2. The summed E-state index contributed by atoms with van der Waals surface area (Å²) in [6.45, 7) is 2.96. The molecule has 3 aromatic rings. The van der Waals surface area contributed by atoms with Crippen molar-refractivity contribution in [1.29, 1.82) is 0 Å². The highest BCUT2D eigenvalue weighted by molar-refractivity contribution is 5.99. The number of hydrogen-bond acceptors (Lipinski definition) is 6. The first-order chi connectivity index (χ1) is 13.8. The van der Waals surface area contributed by atoms with Crippen LogP contribution in [0.15, 0.2) is 54.7 Å². The largest absolute Gasteiger partial charge is 0.422 e. The number of benzene rings is 2. The lowest BCUT2D eigenvalue weighted by Crippen LogP contribution is -2.48. The molecule has 1 aliphatic heterocycles. The van der Waals surface area contributed by atoms with Gasteiger partial charge in [0, 0.05) is 49.0 Å². The summed E-state index contributed by atoms with van der Waals surface area (Å²) in [7, 11) is 0. The van der Waals surface area contributed by atoms with Gasteiger partial charge in [-0.2, -0.15) is 0 Å². The van der Waals surface area contributed by atoms with Gasteiger partial charge in [0.15, 0.2) is 5.92 Å². The summed E-state index contributed by atoms with van der Waals surface area (Å²) in [6.07, 6.45) is 1.70. The van der Waals surface area contributed by atoms with Crippen LogP contribution < -0.4 is 0 Å². The first-order valence-electron chi connectivity index (χ1n) is 9.03. The second-order valence-corrected chi connectivity index (χ2v) is 7.34. The molecule has 4 rings (SSSR count). The number of nitro groups is 1. The molecule has 0 amide bonds. The van der Waals surface area contributed by atoms with Crippen molar-refractivity contribution in [3.05, 3.63) is 76.0 Å². The van der Waals surface area contributed by atoms with Gasteiger partial charge in [0.2, 0.25) is 0 Å². The number of nitrogens with one attached hydrogen (secondary N) is 1. The molecule has 0 aliphatic carbocycles. The smallest absolute Gasteiger partial charge is 0.324 e. The number of cyclic esters (lactones) is 2. The number of hydrogen-bond donors (Lipinski definition) is 1. The minimum atomic E-state index is -1.36. The third-order valence-electron chi connectivity index (χ3n) is 4.93. The van der Waals surface area contributed by atoms with Gasteiger partial charge in [-0.1, -0.05) is 30.3 Å². The van der Waals surface area contributed by atoms with Crippen molar-refractivity contribution < 1.29 is 24.0 Å². The van der Waals surface area contributed by atoms with Crippen molar-refractivity contribution in [3.8, 4) is 0 Å². The zero-order chi connectivity index (χ0) is 20.8. The van der Waals surface area contributed by atoms with E-state index in [1.165, 1.54) is 32.0 Å². The SMILES string of the molecule is CC1(C)OC(=O)C(C(c2cccc([N+](=O)[O-])c2)c2c[nH]c3ccccc23)C(=O)O1. The zero-order valence-electron chi connectivity index (χ0n) is 15.7. The molecule has 1 N–H and O–H groups in total. The van der Waals surface area contributed by atoms with Gasteiger partial charge in [-0.05, 0) is 17.2 Å². The summed E-state index contributed by atoms with van der Waals surface area (Å²) in [5.41, 5.74) is 1.78. The maximum Gasteiger partial charge on any atom is 0.324 e. The molecule has 2 heterocycles. The standard InChI is InChI=1S/C21H18N2O6/c1-21(2)28-19(24)18(20(25)29-21)17(12-6-5-7-13(10-12)23(26)27)15-11-22-16-9-4-3-8-14(15)16/h3-11,17-18,22H,1-2H3. The molecule has 0 saturated carbocycles. The normalized spacial score (nSPS) is 17.6. The molecule has 1 atom stereocenters. The van der Waals surface area contributed by atoms with Gasteiger partial charge in [0.25, 0.3) is 11.5 Å². The third-order valence-corrected chi connectivity index (χ3v) is 4.93. The number of fused-ring (bicyclic) bond motifs is 1. The molecule has 1 unspecified atom stereocenters. The molecule has 148 valence electrons. The summed E-state index contributed by atoms with van der Waals surface area (Å²) in [5, 5.41) is 12.1. The van der Waals surface area contributed by atoms with Crippen LogP contribution in [0.25, 0.3) is 10.9 Å². The Bertz CT molecular complexity index is 1110. The summed E-state index contributed by atoms with van der Waals surface area (Å²) in [6, 6.07) is 13.3. The minimum Gasteiger partial charge on any atom is -0.422 e. The van der Waals surface area contributed by atoms with E-state index in [0.717, 1.165) is 10.9 Å². The van der Waals surface area contributed by atoms with Crippen LogP contribution in [0.5, 0.6) is 0 Å². The molecule has 8 heteroatoms. The Labute approximate surface area is 165 Å². The quantitative estimate of drug-likeness (QED) is 0.313. The Morgan fingerprint density at radius 3 is 2.45 bits per heavy atom. The topological polar surface area (TPSA) is 112 Å². The lowest BCUT2D eigenvalue weighted by molar-refractivity contribution is -0.384. The van der Waals surface area contributed by atoms with Crippen molar-refractivity contribution in [2.45, 2.75) is 25.6 Å². The van der Waals surface area contributed by atoms with Crippen LogP contribution in [0.3, 0.4) is 0 Å². The molecule has 1 aliphatic rings. The van der Waals surface area contributed by atoms with E-state index in [0.29, 0.717) is 11.1 Å². The fourth-order valence-electron chi connectivity index (χ4n) is 3.74. The Kier molecular flexibility index (Phi) is 4.34. The highest BCUT2D eigenvalue weighted by atomic mass is 16.7. The van der Waals surface area contributed by atoms with Crippen molar-refractivity contribution >= 4 is 28.5 Å². The second-order valence-electron chi connectivity index (χ2n) is 7.34. The molecular formula is C21H18N2O6. The fourth-order valence-corrected chi connectivity index (χ4v) is 3.74. The van der Waals surface area contributed by atoms with E-state index in [-0.39, 0.29) is 5.69 Å². The monoisotopic (exact) mass is 394 g/mol. The predicted molar refractivity (Wildman–Crippen MR) is 103 cm³/mol. The van der Waals surface area contributed by atoms with Gasteiger partial charge in [-0.3, -0.25) is 19.7 Å². The van der Waals surface area contributed by atoms with Gasteiger partial charge in [0.1, 0.15) is 0 Å². The number of non-ortho nitro benzene ring substituents is 1. The number of carbonyl (C=O) groups is 2. The number of nitro benzene ring substituents is 1. The number of para-hydroxylation sites is 1. The fraction of sp³-hybridized carbons (Fsp3) is 0.238. The third kappa shape index (κ3) is 3.33. The number of aromatic nitrogens is 1. The van der Waals surface area contributed by atoms with Gasteiger partial charge < -0.3 is 14.5 Å². The van der Waals surface area contributed by atoms with E-state index in [9.17, 15) is 19.7 Å². The molecular weight excluding hydrogens is 376 g/mol. The van der Waals surface area contributed by atoms with Crippen molar-refractivity contribution in [2.75, 3.05) is 0 Å². The molecule has 1 fully saturated rings. The maximum absolute atomic E-state index is 12.8. The van der Waals surface area contributed by atoms with Crippen LogP contribution in [-0.4, -0.2) is 27.6 Å². The molecule has 29 heavy (non-hydrogen) atoms. The van der Waals surface area contributed by atoms with Crippen molar-refractivity contribution in [3.63, 3.8) is 0 Å². The minimum absolute atomic E-state index is 0.134. The van der Waals surface area contributed by atoms with Crippen molar-refractivity contribution in [2.24, 2.45) is 5.92 Å². The molecule has 8 nitrogen and oxygen atoms in total. The van der Waals surface area contributed by atoms with Crippen LogP contribution in [0.4, 0.5) is 5.69 Å². The van der Waals surface area contributed by atoms with Crippen LogP contribution in [0.2, 0.25) is 0 Å². The second kappa shape index (κ2) is 6.73. The Hall–Kier alpha value is -3.68.